The van der Waals surface area contributed by atoms with Crippen molar-refractivity contribution in [3.05, 3.63) is 76.3 Å². The topological polar surface area (TPSA) is 49.4 Å². The summed E-state index contributed by atoms with van der Waals surface area (Å²) in [6.45, 7) is 12.8. The van der Waals surface area contributed by atoms with Crippen LogP contribution in [0.5, 0.6) is 0 Å². The number of nitrogens with zero attached hydrogens (tertiary/aromatic N) is 1. The average Bonchev–Trinajstić information content (AvgIpc) is 2.92. The molecule has 39 heavy (non-hydrogen) atoms. The SMILES string of the molecule is CCCNc1ccc2c3c(cccc13)C(=O)N(C[C@@]1(C)CCC[C@]3(C)c4ccc(C(C)C)cc4CCC13)C2=O. The second-order valence-electron chi connectivity index (χ2n) is 13.1. The first kappa shape index (κ1) is 26.1. The van der Waals surface area contributed by atoms with Crippen molar-refractivity contribution in [1.29, 1.82) is 0 Å². The van der Waals surface area contributed by atoms with Crippen LogP contribution < -0.4 is 5.32 Å². The van der Waals surface area contributed by atoms with E-state index in [1.807, 2.05) is 30.3 Å². The number of anilines is 1. The molecule has 0 aromatic heterocycles. The molecule has 0 radical (unpaired) electrons. The van der Waals surface area contributed by atoms with Crippen molar-refractivity contribution < 1.29 is 9.59 Å². The number of nitrogens with one attached hydrogen (secondary N) is 1. The standard InChI is InChI=1S/C35H42N2O2/c1-6-19-36-29-15-13-27-31-25(29)9-7-10-26(31)32(38)37(33(27)39)21-34(4)17-8-18-35(5)28-14-11-23(22(2)3)20-24(28)12-16-30(34)35/h7,9-11,13-15,20,22,30,36H,6,8,12,16-19,21H2,1-5H3/t30?,34-,35-/m1/s1. The van der Waals surface area contributed by atoms with Crippen molar-refractivity contribution in [2.75, 3.05) is 18.4 Å². The van der Waals surface area contributed by atoms with Crippen LogP contribution >= 0.6 is 0 Å². The Labute approximate surface area is 233 Å². The zero-order chi connectivity index (χ0) is 27.5. The van der Waals surface area contributed by atoms with Crippen molar-refractivity contribution in [1.82, 2.24) is 4.90 Å². The van der Waals surface area contributed by atoms with Gasteiger partial charge in [0.05, 0.1) is 0 Å². The summed E-state index contributed by atoms with van der Waals surface area (Å²) in [6, 6.07) is 16.9. The molecule has 6 rings (SSSR count). The molecule has 1 unspecified atom stereocenters. The smallest absolute Gasteiger partial charge is 0.261 e. The zero-order valence-electron chi connectivity index (χ0n) is 24.2. The molecule has 0 spiro atoms. The maximum Gasteiger partial charge on any atom is 0.261 e. The van der Waals surface area contributed by atoms with Crippen LogP contribution in [-0.4, -0.2) is 29.8 Å². The second-order valence-corrected chi connectivity index (χ2v) is 13.1. The summed E-state index contributed by atoms with van der Waals surface area (Å²) in [4.78, 5) is 29.5. The van der Waals surface area contributed by atoms with Gasteiger partial charge in [-0.3, -0.25) is 14.5 Å². The average molecular weight is 523 g/mol. The molecule has 3 aliphatic rings. The Balaban J connectivity index is 1.35. The van der Waals surface area contributed by atoms with Gasteiger partial charge in [-0.2, -0.15) is 0 Å². The highest BCUT2D eigenvalue weighted by molar-refractivity contribution is 6.26. The monoisotopic (exact) mass is 522 g/mol. The summed E-state index contributed by atoms with van der Waals surface area (Å²) in [6.07, 6.45) is 6.51. The third kappa shape index (κ3) is 4.01. The maximum absolute atomic E-state index is 14.0. The van der Waals surface area contributed by atoms with Crippen LogP contribution in [0.3, 0.4) is 0 Å². The lowest BCUT2D eigenvalue weighted by Crippen LogP contribution is -2.55. The number of imide groups is 1. The molecule has 0 bridgehead atoms. The largest absolute Gasteiger partial charge is 0.385 e. The van der Waals surface area contributed by atoms with E-state index in [-0.39, 0.29) is 22.6 Å². The fraction of sp³-hybridized carbons (Fsp3) is 0.486. The number of carbonyl (C=O) groups is 2. The van der Waals surface area contributed by atoms with E-state index in [1.54, 1.807) is 4.90 Å². The van der Waals surface area contributed by atoms with Crippen LogP contribution in [0.25, 0.3) is 10.8 Å². The highest BCUT2D eigenvalue weighted by atomic mass is 16.2. The number of hydrogen-bond acceptors (Lipinski definition) is 3. The van der Waals surface area contributed by atoms with Gasteiger partial charge in [-0.25, -0.2) is 0 Å². The van der Waals surface area contributed by atoms with E-state index in [0.717, 1.165) is 55.1 Å². The van der Waals surface area contributed by atoms with Crippen LogP contribution in [0, 0.1) is 11.3 Å². The van der Waals surface area contributed by atoms with E-state index in [2.05, 4.69) is 58.1 Å². The first-order chi connectivity index (χ1) is 18.7. The molecule has 4 nitrogen and oxygen atoms in total. The van der Waals surface area contributed by atoms with Crippen LogP contribution in [0.1, 0.15) is 110 Å². The number of amides is 2. The van der Waals surface area contributed by atoms with Gasteiger partial charge in [0.25, 0.3) is 11.8 Å². The lowest BCUT2D eigenvalue weighted by atomic mass is 9.49. The fourth-order valence-electron chi connectivity index (χ4n) is 8.26. The van der Waals surface area contributed by atoms with E-state index in [9.17, 15) is 9.59 Å². The molecule has 3 aromatic carbocycles. The maximum atomic E-state index is 14.0. The number of carbonyl (C=O) groups excluding carboxylic acids is 2. The minimum atomic E-state index is -0.142. The van der Waals surface area contributed by atoms with Gasteiger partial charge >= 0.3 is 0 Å². The first-order valence-corrected chi connectivity index (χ1v) is 15.0. The van der Waals surface area contributed by atoms with Crippen LogP contribution in [-0.2, 0) is 11.8 Å². The number of rotatable bonds is 6. The Morgan fingerprint density at radius 2 is 1.77 bits per heavy atom. The van der Waals surface area contributed by atoms with E-state index >= 15 is 0 Å². The van der Waals surface area contributed by atoms with Gasteiger partial charge in [-0.15, -0.1) is 0 Å². The predicted octanol–water partition coefficient (Wildman–Crippen LogP) is 8.09. The van der Waals surface area contributed by atoms with Crippen LogP contribution in [0.4, 0.5) is 5.69 Å². The Morgan fingerprint density at radius 3 is 2.51 bits per heavy atom. The molecule has 2 aliphatic carbocycles. The minimum Gasteiger partial charge on any atom is -0.385 e. The summed E-state index contributed by atoms with van der Waals surface area (Å²) >= 11 is 0. The third-order valence-electron chi connectivity index (χ3n) is 10.2. The van der Waals surface area contributed by atoms with Gasteiger partial charge in [0, 0.05) is 40.7 Å². The lowest BCUT2D eigenvalue weighted by Gasteiger charge is -2.56. The van der Waals surface area contributed by atoms with E-state index in [0.29, 0.717) is 29.5 Å². The molecule has 1 aliphatic heterocycles. The lowest BCUT2D eigenvalue weighted by molar-refractivity contribution is 0.000256. The molecular weight excluding hydrogens is 480 g/mol. The zero-order valence-corrected chi connectivity index (χ0v) is 24.2. The second kappa shape index (κ2) is 9.50. The Hall–Kier alpha value is -3.14. The molecule has 2 amide bonds. The van der Waals surface area contributed by atoms with Gasteiger partial charge < -0.3 is 5.32 Å². The molecular formula is C35H42N2O2. The van der Waals surface area contributed by atoms with Crippen molar-refractivity contribution >= 4 is 28.3 Å². The number of aryl methyl sites for hydroxylation is 1. The normalized spacial score (nSPS) is 26.1. The summed E-state index contributed by atoms with van der Waals surface area (Å²) in [5.41, 5.74) is 6.65. The highest BCUT2D eigenvalue weighted by Gasteiger charge is 2.53. The summed E-state index contributed by atoms with van der Waals surface area (Å²) < 4.78 is 0. The van der Waals surface area contributed by atoms with Crippen molar-refractivity contribution in [3.63, 3.8) is 0 Å². The Kier molecular flexibility index (Phi) is 6.36. The van der Waals surface area contributed by atoms with Crippen LogP contribution in [0.15, 0.2) is 48.5 Å². The summed E-state index contributed by atoms with van der Waals surface area (Å²) in [5, 5.41) is 5.23. The van der Waals surface area contributed by atoms with Gasteiger partial charge in [0.1, 0.15) is 0 Å². The molecule has 1 saturated carbocycles. The Bertz CT molecular complexity index is 1450. The third-order valence-corrected chi connectivity index (χ3v) is 10.2. The highest BCUT2D eigenvalue weighted by Crippen LogP contribution is 2.58. The summed E-state index contributed by atoms with van der Waals surface area (Å²) in [5.74, 6) is 0.669. The molecule has 1 fully saturated rings. The van der Waals surface area contributed by atoms with Crippen molar-refractivity contribution in [3.8, 4) is 0 Å². The molecule has 1 heterocycles. The summed E-state index contributed by atoms with van der Waals surface area (Å²) in [7, 11) is 0. The van der Waals surface area contributed by atoms with E-state index in [1.165, 1.54) is 23.1 Å². The van der Waals surface area contributed by atoms with Gasteiger partial charge in [-0.05, 0) is 89.7 Å². The van der Waals surface area contributed by atoms with Gasteiger partial charge in [0.2, 0.25) is 0 Å². The predicted molar refractivity (Wildman–Crippen MR) is 160 cm³/mol. The van der Waals surface area contributed by atoms with E-state index in [4.69, 9.17) is 0 Å². The molecule has 3 atom stereocenters. The van der Waals surface area contributed by atoms with Crippen LogP contribution in [0.2, 0.25) is 0 Å². The number of benzene rings is 3. The quantitative estimate of drug-likeness (QED) is 0.333. The first-order valence-electron chi connectivity index (χ1n) is 15.0. The van der Waals surface area contributed by atoms with Crippen molar-refractivity contribution in [2.24, 2.45) is 11.3 Å². The van der Waals surface area contributed by atoms with Gasteiger partial charge in [0.15, 0.2) is 0 Å². The molecule has 204 valence electrons. The molecule has 1 N–H and O–H groups in total. The number of fused-ring (bicyclic) bond motifs is 3. The fourth-order valence-corrected chi connectivity index (χ4v) is 8.26. The molecule has 3 aromatic rings. The molecule has 0 saturated heterocycles. The van der Waals surface area contributed by atoms with Gasteiger partial charge in [-0.1, -0.05) is 71.4 Å². The minimum absolute atomic E-state index is 0.0652. The van der Waals surface area contributed by atoms with E-state index < -0.39 is 0 Å². The Morgan fingerprint density at radius 1 is 1.00 bits per heavy atom. The number of hydrogen-bond donors (Lipinski definition) is 1. The van der Waals surface area contributed by atoms with Crippen molar-refractivity contribution in [2.45, 2.75) is 84.5 Å². The molecule has 4 heteroatoms.